The molecule has 5 nitrogen and oxygen atoms in total. The molecule has 1 saturated heterocycles. The predicted molar refractivity (Wildman–Crippen MR) is 143 cm³/mol. The maximum absolute atomic E-state index is 13.4. The van der Waals surface area contributed by atoms with E-state index >= 15 is 0 Å². The standard InChI is InChI=1S/C24H14BrCl3N2O3S/c25-15-8-9-20(33-12-13-4-1-2-5-17(13)26)14(10-15)11-16-22(31)29-24(34)30(23(16)32)19-7-3-6-18(27)21(19)28/h1-11H,12H2,(H,29,31,34)/b16-11+. The molecule has 1 aliphatic heterocycles. The molecule has 0 radical (unpaired) electrons. The molecule has 0 spiro atoms. The van der Waals surface area contributed by atoms with Crippen molar-refractivity contribution >= 4 is 91.6 Å². The highest BCUT2D eigenvalue weighted by Gasteiger charge is 2.36. The van der Waals surface area contributed by atoms with Gasteiger partial charge in [0.05, 0.1) is 15.7 Å². The van der Waals surface area contributed by atoms with Crippen LogP contribution in [0.25, 0.3) is 6.08 Å². The number of carbonyl (C=O) groups is 2. The van der Waals surface area contributed by atoms with Crippen molar-refractivity contribution in [3.63, 3.8) is 0 Å². The smallest absolute Gasteiger partial charge is 0.270 e. The normalized spacial score (nSPS) is 15.0. The van der Waals surface area contributed by atoms with Gasteiger partial charge in [-0.25, -0.2) is 0 Å². The van der Waals surface area contributed by atoms with Gasteiger partial charge in [0.2, 0.25) is 0 Å². The summed E-state index contributed by atoms with van der Waals surface area (Å²) in [5.74, 6) is -0.826. The molecule has 0 aromatic heterocycles. The maximum atomic E-state index is 13.4. The minimum atomic E-state index is -0.644. The number of ether oxygens (including phenoxy) is 1. The Morgan fingerprint density at radius 2 is 1.74 bits per heavy atom. The van der Waals surface area contributed by atoms with Crippen molar-refractivity contribution in [2.24, 2.45) is 0 Å². The fourth-order valence-corrected chi connectivity index (χ4v) is 4.45. The van der Waals surface area contributed by atoms with Gasteiger partial charge in [-0.2, -0.15) is 0 Å². The molecule has 0 unspecified atom stereocenters. The number of thiocarbonyl (C=S) groups is 1. The molecular formula is C24H14BrCl3N2O3S. The van der Waals surface area contributed by atoms with E-state index in [4.69, 9.17) is 51.8 Å². The third-order valence-corrected chi connectivity index (χ3v) is 6.84. The number of hydrogen-bond donors (Lipinski definition) is 1. The number of nitrogens with one attached hydrogen (secondary N) is 1. The molecule has 34 heavy (non-hydrogen) atoms. The van der Waals surface area contributed by atoms with E-state index in [0.717, 1.165) is 14.9 Å². The monoisotopic (exact) mass is 594 g/mol. The minimum absolute atomic E-state index is 0.0965. The van der Waals surface area contributed by atoms with E-state index in [1.165, 1.54) is 6.08 Å². The van der Waals surface area contributed by atoms with Crippen LogP contribution in [0, 0.1) is 0 Å². The Morgan fingerprint density at radius 3 is 2.50 bits per heavy atom. The summed E-state index contributed by atoms with van der Waals surface area (Å²) in [5.41, 5.74) is 1.42. The van der Waals surface area contributed by atoms with Gasteiger partial charge < -0.3 is 4.74 Å². The average Bonchev–Trinajstić information content (AvgIpc) is 2.79. The second-order valence-electron chi connectivity index (χ2n) is 7.09. The Hall–Kier alpha value is -2.42. The lowest BCUT2D eigenvalue weighted by Gasteiger charge is -2.29. The molecule has 3 aromatic rings. The summed E-state index contributed by atoms with van der Waals surface area (Å²) >= 11 is 27.3. The summed E-state index contributed by atoms with van der Waals surface area (Å²) in [6, 6.07) is 17.4. The molecule has 0 saturated carbocycles. The molecule has 1 N–H and O–H groups in total. The predicted octanol–water partition coefficient (Wildman–Crippen LogP) is 6.82. The zero-order valence-electron chi connectivity index (χ0n) is 17.2. The summed E-state index contributed by atoms with van der Waals surface area (Å²) in [7, 11) is 0. The lowest BCUT2D eigenvalue weighted by molar-refractivity contribution is -0.122. The SMILES string of the molecule is O=C1NC(=S)N(c2cccc(Cl)c2Cl)C(=O)/C1=C/c1cc(Br)ccc1OCc1ccccc1Cl. The van der Waals surface area contributed by atoms with Crippen molar-refractivity contribution in [3.8, 4) is 5.75 Å². The number of nitrogens with zero attached hydrogens (tertiary/aromatic N) is 1. The first-order chi connectivity index (χ1) is 16.3. The quantitative estimate of drug-likeness (QED) is 0.200. The summed E-state index contributed by atoms with van der Waals surface area (Å²) in [4.78, 5) is 27.2. The second kappa shape index (κ2) is 10.5. The van der Waals surface area contributed by atoms with Crippen molar-refractivity contribution in [1.82, 2.24) is 5.32 Å². The zero-order valence-corrected chi connectivity index (χ0v) is 21.8. The fourth-order valence-electron chi connectivity index (χ4n) is 3.23. The van der Waals surface area contributed by atoms with Gasteiger partial charge >= 0.3 is 0 Å². The summed E-state index contributed by atoms with van der Waals surface area (Å²) in [6.07, 6.45) is 1.44. The molecule has 1 aliphatic rings. The van der Waals surface area contributed by atoms with Crippen LogP contribution >= 0.6 is 63.0 Å². The van der Waals surface area contributed by atoms with Crippen LogP contribution in [-0.4, -0.2) is 16.9 Å². The molecule has 4 rings (SSSR count). The molecule has 1 heterocycles. The van der Waals surface area contributed by atoms with E-state index in [9.17, 15) is 9.59 Å². The van der Waals surface area contributed by atoms with E-state index in [0.29, 0.717) is 16.3 Å². The number of hydrogen-bond acceptors (Lipinski definition) is 4. The van der Waals surface area contributed by atoms with Crippen LogP contribution < -0.4 is 15.0 Å². The molecule has 10 heteroatoms. The number of anilines is 1. The molecule has 0 atom stereocenters. The van der Waals surface area contributed by atoms with E-state index in [1.807, 2.05) is 18.2 Å². The number of halogens is 4. The average molecular weight is 597 g/mol. The van der Waals surface area contributed by atoms with Crippen LogP contribution in [0.2, 0.25) is 15.1 Å². The molecule has 0 bridgehead atoms. The second-order valence-corrected chi connectivity index (χ2v) is 9.59. The van der Waals surface area contributed by atoms with Gasteiger partial charge in [-0.05, 0) is 54.7 Å². The topological polar surface area (TPSA) is 58.6 Å². The van der Waals surface area contributed by atoms with Gasteiger partial charge in [0.15, 0.2) is 5.11 Å². The summed E-state index contributed by atoms with van der Waals surface area (Å²) in [5, 5.41) is 3.40. The van der Waals surface area contributed by atoms with Crippen molar-refractivity contribution in [2.45, 2.75) is 6.61 Å². The Morgan fingerprint density at radius 1 is 1.00 bits per heavy atom. The maximum Gasteiger partial charge on any atom is 0.270 e. The third kappa shape index (κ3) is 5.14. The molecule has 0 aliphatic carbocycles. The minimum Gasteiger partial charge on any atom is -0.488 e. The van der Waals surface area contributed by atoms with Gasteiger partial charge in [0.1, 0.15) is 17.9 Å². The van der Waals surface area contributed by atoms with Gasteiger partial charge in [0, 0.05) is 20.6 Å². The van der Waals surface area contributed by atoms with E-state index in [2.05, 4.69) is 21.2 Å². The van der Waals surface area contributed by atoms with Crippen LogP contribution in [-0.2, 0) is 16.2 Å². The fraction of sp³-hybridized carbons (Fsp3) is 0.0417. The number of rotatable bonds is 5. The highest BCUT2D eigenvalue weighted by atomic mass is 79.9. The number of carbonyl (C=O) groups excluding carboxylic acids is 2. The molecular weight excluding hydrogens is 583 g/mol. The zero-order chi connectivity index (χ0) is 24.4. The first kappa shape index (κ1) is 24.7. The van der Waals surface area contributed by atoms with Crippen molar-refractivity contribution in [1.29, 1.82) is 0 Å². The Kier molecular flexibility index (Phi) is 7.60. The number of benzene rings is 3. The van der Waals surface area contributed by atoms with E-state index in [-0.39, 0.29) is 33.0 Å². The van der Waals surface area contributed by atoms with Crippen molar-refractivity contribution < 1.29 is 14.3 Å². The van der Waals surface area contributed by atoms with Crippen LogP contribution in [0.15, 0.2) is 70.7 Å². The summed E-state index contributed by atoms with van der Waals surface area (Å²) in [6.45, 7) is 0.200. The van der Waals surface area contributed by atoms with Crippen LogP contribution in [0.5, 0.6) is 5.75 Å². The highest BCUT2D eigenvalue weighted by molar-refractivity contribution is 9.10. The van der Waals surface area contributed by atoms with Gasteiger partial charge in [-0.3, -0.25) is 19.8 Å². The molecule has 2 amide bonds. The first-order valence-electron chi connectivity index (χ1n) is 9.77. The van der Waals surface area contributed by atoms with Gasteiger partial charge in [0.25, 0.3) is 11.8 Å². The molecule has 3 aromatic carbocycles. The van der Waals surface area contributed by atoms with E-state index < -0.39 is 11.8 Å². The van der Waals surface area contributed by atoms with E-state index in [1.54, 1.807) is 42.5 Å². The largest absolute Gasteiger partial charge is 0.488 e. The lowest BCUT2D eigenvalue weighted by Crippen LogP contribution is -2.54. The molecule has 1 fully saturated rings. The van der Waals surface area contributed by atoms with Gasteiger partial charge in [-0.15, -0.1) is 0 Å². The lowest BCUT2D eigenvalue weighted by atomic mass is 10.1. The molecule has 172 valence electrons. The Balaban J connectivity index is 1.71. The van der Waals surface area contributed by atoms with Gasteiger partial charge in [-0.1, -0.05) is 75.0 Å². The van der Waals surface area contributed by atoms with Crippen LogP contribution in [0.3, 0.4) is 0 Å². The van der Waals surface area contributed by atoms with Crippen molar-refractivity contribution in [3.05, 3.63) is 96.9 Å². The van der Waals surface area contributed by atoms with Crippen LogP contribution in [0.1, 0.15) is 11.1 Å². The van der Waals surface area contributed by atoms with Crippen molar-refractivity contribution in [2.75, 3.05) is 4.90 Å². The number of amides is 2. The highest BCUT2D eigenvalue weighted by Crippen LogP contribution is 2.35. The Labute approximate surface area is 224 Å². The summed E-state index contributed by atoms with van der Waals surface area (Å²) < 4.78 is 6.70. The van der Waals surface area contributed by atoms with Crippen LogP contribution in [0.4, 0.5) is 5.69 Å². The first-order valence-corrected chi connectivity index (χ1v) is 12.1. The third-order valence-electron chi connectivity index (χ3n) is 4.89. The Bertz CT molecular complexity index is 1360.